The van der Waals surface area contributed by atoms with Gasteiger partial charge in [-0.25, -0.2) is 14.8 Å². The molecule has 0 spiro atoms. The first-order chi connectivity index (χ1) is 8.08. The van der Waals surface area contributed by atoms with E-state index in [4.69, 9.17) is 9.47 Å². The van der Waals surface area contributed by atoms with E-state index in [1.807, 2.05) is 6.92 Å². The van der Waals surface area contributed by atoms with Gasteiger partial charge in [0.15, 0.2) is 0 Å². The molecule has 5 heteroatoms. The van der Waals surface area contributed by atoms with Gasteiger partial charge in [-0.2, -0.15) is 0 Å². The van der Waals surface area contributed by atoms with Gasteiger partial charge in [-0.1, -0.05) is 0 Å². The minimum atomic E-state index is -0.378. The van der Waals surface area contributed by atoms with E-state index in [9.17, 15) is 4.79 Å². The lowest BCUT2D eigenvalue weighted by molar-refractivity contribution is 0.0524. The van der Waals surface area contributed by atoms with Gasteiger partial charge in [-0.15, -0.1) is 0 Å². The van der Waals surface area contributed by atoms with E-state index in [1.165, 1.54) is 6.20 Å². The van der Waals surface area contributed by atoms with Crippen molar-refractivity contribution in [1.29, 1.82) is 0 Å². The molecule has 0 aliphatic rings. The summed E-state index contributed by atoms with van der Waals surface area (Å²) in [5, 5.41) is 0. The molecule has 0 bridgehead atoms. The maximum Gasteiger partial charge on any atom is 0.341 e. The van der Waals surface area contributed by atoms with Gasteiger partial charge in [0.2, 0.25) is 0 Å². The fourth-order valence-corrected chi connectivity index (χ4v) is 1.36. The zero-order chi connectivity index (χ0) is 12.8. The number of carbonyl (C=O) groups is 1. The zero-order valence-electron chi connectivity index (χ0n) is 10.7. The van der Waals surface area contributed by atoms with Gasteiger partial charge in [-0.3, -0.25) is 0 Å². The Bertz CT molecular complexity index is 393. The van der Waals surface area contributed by atoms with Crippen LogP contribution < -0.4 is 0 Å². The summed E-state index contributed by atoms with van der Waals surface area (Å²) in [6, 6.07) is 0. The summed E-state index contributed by atoms with van der Waals surface area (Å²) in [5.74, 6) is 0.293. The lowest BCUT2D eigenvalue weighted by Gasteiger charge is -2.09. The van der Waals surface area contributed by atoms with Crippen molar-refractivity contribution in [3.05, 3.63) is 23.3 Å². The van der Waals surface area contributed by atoms with E-state index in [0.29, 0.717) is 30.1 Å². The molecular weight excluding hydrogens is 220 g/mol. The number of ether oxygens (including phenoxy) is 2. The van der Waals surface area contributed by atoms with Gasteiger partial charge in [0.25, 0.3) is 0 Å². The molecule has 0 aliphatic heterocycles. The Morgan fingerprint density at radius 2 is 2.24 bits per heavy atom. The highest BCUT2D eigenvalue weighted by Gasteiger charge is 2.13. The van der Waals surface area contributed by atoms with Gasteiger partial charge >= 0.3 is 5.97 Å². The molecule has 0 fully saturated rings. The molecule has 1 heterocycles. The molecule has 1 atom stereocenters. The Morgan fingerprint density at radius 1 is 1.53 bits per heavy atom. The maximum absolute atomic E-state index is 11.5. The quantitative estimate of drug-likeness (QED) is 0.728. The normalized spacial score (nSPS) is 12.2. The van der Waals surface area contributed by atoms with Gasteiger partial charge in [-0.05, 0) is 20.8 Å². The topological polar surface area (TPSA) is 61.3 Å². The summed E-state index contributed by atoms with van der Waals surface area (Å²) in [6.45, 7) is 5.83. The fraction of sp³-hybridized carbons (Fsp3) is 0.583. The largest absolute Gasteiger partial charge is 0.462 e. The van der Waals surface area contributed by atoms with Crippen LogP contribution in [0.4, 0.5) is 0 Å². The molecule has 0 N–H and O–H groups in total. The van der Waals surface area contributed by atoms with Crippen LogP contribution >= 0.6 is 0 Å². The molecule has 1 unspecified atom stereocenters. The first-order valence-corrected chi connectivity index (χ1v) is 5.60. The lowest BCUT2D eigenvalue weighted by Crippen LogP contribution is -2.14. The second-order valence-electron chi connectivity index (χ2n) is 3.76. The van der Waals surface area contributed by atoms with E-state index >= 15 is 0 Å². The number of aromatic nitrogens is 2. The number of aryl methyl sites for hydroxylation is 1. The Balaban J connectivity index is 2.82. The Morgan fingerprint density at radius 3 is 2.76 bits per heavy atom. The molecule has 5 nitrogen and oxygen atoms in total. The van der Waals surface area contributed by atoms with Crippen molar-refractivity contribution in [2.24, 2.45) is 0 Å². The highest BCUT2D eigenvalue weighted by molar-refractivity contribution is 5.90. The third kappa shape index (κ3) is 3.78. The minimum absolute atomic E-state index is 0.0582. The second-order valence-corrected chi connectivity index (χ2v) is 3.76. The maximum atomic E-state index is 11.5. The van der Waals surface area contributed by atoms with E-state index in [2.05, 4.69) is 9.97 Å². The van der Waals surface area contributed by atoms with Crippen LogP contribution in [0.25, 0.3) is 0 Å². The highest BCUT2D eigenvalue weighted by Crippen LogP contribution is 2.08. The van der Waals surface area contributed by atoms with Gasteiger partial charge in [0, 0.05) is 19.7 Å². The number of hydrogen-bond donors (Lipinski definition) is 0. The number of hydrogen-bond acceptors (Lipinski definition) is 5. The molecule has 0 aromatic carbocycles. The third-order valence-electron chi connectivity index (χ3n) is 2.40. The number of rotatable bonds is 5. The number of nitrogens with zero attached hydrogens (tertiary/aromatic N) is 2. The molecule has 0 aliphatic carbocycles. The summed E-state index contributed by atoms with van der Waals surface area (Å²) in [6.07, 6.45) is 2.20. The molecule has 1 aromatic heterocycles. The van der Waals surface area contributed by atoms with Crippen molar-refractivity contribution >= 4 is 5.97 Å². The zero-order valence-corrected chi connectivity index (χ0v) is 10.7. The molecular formula is C12H18N2O3. The summed E-state index contributed by atoms with van der Waals surface area (Å²) in [5.41, 5.74) is 1.05. The number of methoxy groups -OCH3 is 1. The SMILES string of the molecule is CCOC(=O)c1cnc(CC(C)OC)nc1C. The monoisotopic (exact) mass is 238 g/mol. The predicted molar refractivity (Wildman–Crippen MR) is 62.9 cm³/mol. The molecule has 94 valence electrons. The van der Waals surface area contributed by atoms with Crippen molar-refractivity contribution in [2.75, 3.05) is 13.7 Å². The van der Waals surface area contributed by atoms with Crippen molar-refractivity contribution in [3.8, 4) is 0 Å². The van der Waals surface area contributed by atoms with Crippen LogP contribution in [-0.4, -0.2) is 35.8 Å². The van der Waals surface area contributed by atoms with Gasteiger partial charge < -0.3 is 9.47 Å². The van der Waals surface area contributed by atoms with Gasteiger partial charge in [0.05, 0.1) is 24.0 Å². The molecule has 1 rings (SSSR count). The van der Waals surface area contributed by atoms with Crippen LogP contribution in [0.1, 0.15) is 35.7 Å². The van der Waals surface area contributed by atoms with E-state index < -0.39 is 0 Å². The van der Waals surface area contributed by atoms with E-state index in [1.54, 1.807) is 21.0 Å². The van der Waals surface area contributed by atoms with Crippen molar-refractivity contribution in [1.82, 2.24) is 9.97 Å². The second kappa shape index (κ2) is 6.30. The highest BCUT2D eigenvalue weighted by atomic mass is 16.5. The van der Waals surface area contributed by atoms with E-state index in [-0.39, 0.29) is 12.1 Å². The first kappa shape index (κ1) is 13.6. The molecule has 0 radical (unpaired) electrons. The summed E-state index contributed by atoms with van der Waals surface area (Å²) < 4.78 is 10.0. The van der Waals surface area contributed by atoms with Crippen molar-refractivity contribution in [2.45, 2.75) is 33.3 Å². The van der Waals surface area contributed by atoms with Crippen molar-refractivity contribution < 1.29 is 14.3 Å². The van der Waals surface area contributed by atoms with Crippen LogP contribution in [0.15, 0.2) is 6.20 Å². The molecule has 0 saturated heterocycles. The summed E-state index contributed by atoms with van der Waals surface area (Å²) >= 11 is 0. The van der Waals surface area contributed by atoms with Crippen LogP contribution in [0.2, 0.25) is 0 Å². The van der Waals surface area contributed by atoms with Crippen LogP contribution in [-0.2, 0) is 15.9 Å². The Kier molecular flexibility index (Phi) is 5.03. The molecule has 0 amide bonds. The minimum Gasteiger partial charge on any atom is -0.462 e. The Labute approximate surface area is 101 Å². The number of esters is 1. The number of carbonyl (C=O) groups excluding carboxylic acids is 1. The molecule has 0 saturated carbocycles. The van der Waals surface area contributed by atoms with Crippen LogP contribution in [0.5, 0.6) is 0 Å². The van der Waals surface area contributed by atoms with Crippen LogP contribution in [0.3, 0.4) is 0 Å². The molecule has 17 heavy (non-hydrogen) atoms. The standard InChI is InChI=1S/C12H18N2O3/c1-5-17-12(15)10-7-13-11(14-9(10)3)6-8(2)16-4/h7-8H,5-6H2,1-4H3. The average Bonchev–Trinajstić information content (AvgIpc) is 2.29. The van der Waals surface area contributed by atoms with E-state index in [0.717, 1.165) is 0 Å². The third-order valence-corrected chi connectivity index (χ3v) is 2.40. The molecule has 1 aromatic rings. The van der Waals surface area contributed by atoms with Crippen LogP contribution in [0, 0.1) is 6.92 Å². The van der Waals surface area contributed by atoms with Gasteiger partial charge in [0.1, 0.15) is 5.82 Å². The lowest BCUT2D eigenvalue weighted by atomic mass is 10.2. The smallest absolute Gasteiger partial charge is 0.341 e. The summed E-state index contributed by atoms with van der Waals surface area (Å²) in [4.78, 5) is 19.9. The predicted octanol–water partition coefficient (Wildman–Crippen LogP) is 1.54. The fourth-order valence-electron chi connectivity index (χ4n) is 1.36. The average molecular weight is 238 g/mol. The Hall–Kier alpha value is -1.49. The van der Waals surface area contributed by atoms with Crippen molar-refractivity contribution in [3.63, 3.8) is 0 Å². The first-order valence-electron chi connectivity index (χ1n) is 5.60. The summed E-state index contributed by atoms with van der Waals surface area (Å²) in [7, 11) is 1.64.